The maximum absolute atomic E-state index is 13.3. The first-order valence-corrected chi connectivity index (χ1v) is 15.0. The Labute approximate surface area is 254 Å². The van der Waals surface area contributed by atoms with Crippen molar-refractivity contribution in [1.29, 1.82) is 0 Å². The molecule has 1 saturated heterocycles. The van der Waals surface area contributed by atoms with Gasteiger partial charge < -0.3 is 39.2 Å². The summed E-state index contributed by atoms with van der Waals surface area (Å²) in [7, 11) is 3.38. The van der Waals surface area contributed by atoms with Gasteiger partial charge in [0.25, 0.3) is 0 Å². The van der Waals surface area contributed by atoms with Crippen LogP contribution >= 0.6 is 0 Å². The van der Waals surface area contributed by atoms with Crippen LogP contribution in [0.15, 0.2) is 72.8 Å². The number of piperidine rings is 1. The first-order chi connectivity index (χ1) is 21.0. The summed E-state index contributed by atoms with van der Waals surface area (Å²) in [4.78, 5) is 17.4. The highest BCUT2D eigenvalue weighted by molar-refractivity contribution is 5.68. The van der Waals surface area contributed by atoms with E-state index < -0.39 is 6.09 Å². The number of amides is 1. The number of ether oxygens (including phenoxy) is 5. The van der Waals surface area contributed by atoms with Gasteiger partial charge in [0, 0.05) is 38.3 Å². The van der Waals surface area contributed by atoms with Crippen molar-refractivity contribution >= 4 is 11.8 Å². The number of nitrogens with zero attached hydrogens (tertiary/aromatic N) is 2. The van der Waals surface area contributed by atoms with Gasteiger partial charge in [-0.3, -0.25) is 0 Å². The molecule has 2 heterocycles. The second kappa shape index (κ2) is 14.6. The third-order valence-corrected chi connectivity index (χ3v) is 8.40. The SMILES string of the molecule is COCCCN1CCOc2ccc(CO[C@H]3CN(C(=O)OCc4ccccc4)C(C)[C@H](N)[C@H]3c3ccc(OC)cc3)cc21. The second-order valence-electron chi connectivity index (χ2n) is 11.1. The molecule has 0 bridgehead atoms. The Bertz CT molecular complexity index is 1320. The van der Waals surface area contributed by atoms with Gasteiger partial charge in [0.2, 0.25) is 0 Å². The van der Waals surface area contributed by atoms with Crippen molar-refractivity contribution in [3.05, 3.63) is 89.5 Å². The Morgan fingerprint density at radius 1 is 1.00 bits per heavy atom. The standard InChI is InChI=1S/C34H43N3O6/c1-24-33(35)32(27-11-13-28(40-3)14-12-27)31(21-37(24)34(38)43-22-25-8-5-4-6-9-25)42-23-26-10-15-30-29(20-26)36(17-19-41-30)16-7-18-39-2/h4-6,8-15,20,24,31-33H,7,16-19,21-23,35H2,1-3H3/t24?,31-,32-,33-/m0/s1. The number of rotatable bonds is 11. The fourth-order valence-electron chi connectivity index (χ4n) is 5.94. The Morgan fingerprint density at radius 3 is 2.53 bits per heavy atom. The first-order valence-electron chi connectivity index (χ1n) is 15.0. The minimum atomic E-state index is -0.397. The predicted molar refractivity (Wildman–Crippen MR) is 166 cm³/mol. The van der Waals surface area contributed by atoms with E-state index in [1.54, 1.807) is 19.1 Å². The molecule has 3 aromatic carbocycles. The van der Waals surface area contributed by atoms with Gasteiger partial charge >= 0.3 is 6.09 Å². The summed E-state index contributed by atoms with van der Waals surface area (Å²) >= 11 is 0. The van der Waals surface area contributed by atoms with Gasteiger partial charge in [-0.1, -0.05) is 48.5 Å². The van der Waals surface area contributed by atoms with Crippen molar-refractivity contribution in [2.24, 2.45) is 5.73 Å². The largest absolute Gasteiger partial charge is 0.497 e. The molecule has 0 spiro atoms. The minimum Gasteiger partial charge on any atom is -0.497 e. The first kappa shape index (κ1) is 30.7. The lowest BCUT2D eigenvalue weighted by molar-refractivity contribution is -0.0460. The molecule has 1 fully saturated rings. The van der Waals surface area contributed by atoms with Crippen LogP contribution in [-0.4, -0.2) is 76.2 Å². The Hall–Kier alpha value is -3.79. The average Bonchev–Trinajstić information content (AvgIpc) is 3.05. The fraction of sp³-hybridized carbons (Fsp3) is 0.441. The number of methoxy groups -OCH3 is 2. The number of fused-ring (bicyclic) bond motifs is 1. The number of carbonyl (C=O) groups is 1. The van der Waals surface area contributed by atoms with Gasteiger partial charge in [-0.2, -0.15) is 0 Å². The Morgan fingerprint density at radius 2 is 1.79 bits per heavy atom. The highest BCUT2D eigenvalue weighted by Crippen LogP contribution is 2.36. The summed E-state index contributed by atoms with van der Waals surface area (Å²) < 4.78 is 28.9. The molecule has 3 aromatic rings. The zero-order chi connectivity index (χ0) is 30.2. The molecule has 9 heteroatoms. The van der Waals surface area contributed by atoms with Crippen LogP contribution in [0.2, 0.25) is 0 Å². The van der Waals surface area contributed by atoms with Crippen LogP contribution in [0.4, 0.5) is 10.5 Å². The predicted octanol–water partition coefficient (Wildman–Crippen LogP) is 4.97. The molecule has 0 saturated carbocycles. The van der Waals surface area contributed by atoms with E-state index in [-0.39, 0.29) is 30.7 Å². The van der Waals surface area contributed by atoms with E-state index in [0.29, 0.717) is 26.4 Å². The topological polar surface area (TPSA) is 95.7 Å². The number of likely N-dealkylation sites (tertiary alicyclic amines) is 1. The molecular weight excluding hydrogens is 546 g/mol. The molecule has 1 amide bonds. The van der Waals surface area contributed by atoms with Crippen molar-refractivity contribution in [1.82, 2.24) is 4.90 Å². The lowest BCUT2D eigenvalue weighted by Gasteiger charge is -2.46. The fourth-order valence-corrected chi connectivity index (χ4v) is 5.94. The summed E-state index contributed by atoms with van der Waals surface area (Å²) in [5.41, 5.74) is 11.0. The van der Waals surface area contributed by atoms with Crippen LogP contribution in [0.3, 0.4) is 0 Å². The summed E-state index contributed by atoms with van der Waals surface area (Å²) in [5.74, 6) is 1.52. The molecule has 1 unspecified atom stereocenters. The molecule has 2 N–H and O–H groups in total. The number of hydrogen-bond donors (Lipinski definition) is 1. The molecule has 230 valence electrons. The molecule has 2 aliphatic heterocycles. The van der Waals surface area contributed by atoms with Crippen LogP contribution in [0.25, 0.3) is 0 Å². The molecule has 5 rings (SSSR count). The van der Waals surface area contributed by atoms with Gasteiger partial charge in [0.1, 0.15) is 24.7 Å². The highest BCUT2D eigenvalue weighted by atomic mass is 16.6. The van der Waals surface area contributed by atoms with Crippen LogP contribution in [0, 0.1) is 0 Å². The van der Waals surface area contributed by atoms with Gasteiger partial charge in [-0.25, -0.2) is 4.79 Å². The Kier molecular flexibility index (Phi) is 10.4. The third-order valence-electron chi connectivity index (χ3n) is 8.40. The zero-order valence-corrected chi connectivity index (χ0v) is 25.3. The quantitative estimate of drug-likeness (QED) is 0.314. The third kappa shape index (κ3) is 7.41. The smallest absolute Gasteiger partial charge is 0.410 e. The highest BCUT2D eigenvalue weighted by Gasteiger charge is 2.43. The number of carbonyl (C=O) groups excluding carboxylic acids is 1. The molecule has 4 atom stereocenters. The van der Waals surface area contributed by atoms with E-state index in [9.17, 15) is 4.79 Å². The van der Waals surface area contributed by atoms with Gasteiger partial charge in [-0.05, 0) is 54.3 Å². The summed E-state index contributed by atoms with van der Waals surface area (Å²) in [6.07, 6.45) is 0.189. The van der Waals surface area contributed by atoms with E-state index >= 15 is 0 Å². The van der Waals surface area contributed by atoms with Gasteiger partial charge in [0.15, 0.2) is 0 Å². The average molecular weight is 590 g/mol. The van der Waals surface area contributed by atoms with E-state index in [2.05, 4.69) is 11.0 Å². The zero-order valence-electron chi connectivity index (χ0n) is 25.3. The van der Waals surface area contributed by atoms with Crippen molar-refractivity contribution in [3.8, 4) is 11.5 Å². The molecular formula is C34H43N3O6. The summed E-state index contributed by atoms with van der Waals surface area (Å²) in [6, 6.07) is 23.2. The maximum atomic E-state index is 13.3. The summed E-state index contributed by atoms with van der Waals surface area (Å²) in [6.45, 7) is 5.99. The van der Waals surface area contributed by atoms with Gasteiger partial charge in [-0.15, -0.1) is 0 Å². The molecule has 0 aliphatic carbocycles. The van der Waals surface area contributed by atoms with Crippen LogP contribution in [0.1, 0.15) is 36.0 Å². The molecule has 0 radical (unpaired) electrons. The van der Waals surface area contributed by atoms with E-state index in [0.717, 1.165) is 53.4 Å². The number of nitrogens with two attached hydrogens (primary N) is 1. The second-order valence-corrected chi connectivity index (χ2v) is 11.1. The van der Waals surface area contributed by atoms with Crippen molar-refractivity contribution in [3.63, 3.8) is 0 Å². The molecule has 9 nitrogen and oxygen atoms in total. The van der Waals surface area contributed by atoms with Crippen molar-refractivity contribution in [2.45, 2.75) is 50.7 Å². The molecule has 2 aliphatic rings. The van der Waals surface area contributed by atoms with Crippen molar-refractivity contribution in [2.75, 3.05) is 52.0 Å². The Balaban J connectivity index is 1.34. The van der Waals surface area contributed by atoms with Gasteiger partial charge in [0.05, 0.1) is 38.6 Å². The minimum absolute atomic E-state index is 0.134. The molecule has 0 aromatic heterocycles. The van der Waals surface area contributed by atoms with E-state index in [1.165, 1.54) is 0 Å². The van der Waals surface area contributed by atoms with E-state index in [1.807, 2.05) is 73.7 Å². The number of benzene rings is 3. The lowest BCUT2D eigenvalue weighted by Crippen LogP contribution is -2.61. The van der Waals surface area contributed by atoms with Crippen molar-refractivity contribution < 1.29 is 28.5 Å². The van der Waals surface area contributed by atoms with Crippen LogP contribution in [-0.2, 0) is 27.4 Å². The normalized spacial score (nSPS) is 21.6. The number of anilines is 1. The summed E-state index contributed by atoms with van der Waals surface area (Å²) in [5, 5.41) is 0. The van der Waals surface area contributed by atoms with E-state index in [4.69, 9.17) is 29.4 Å². The monoisotopic (exact) mass is 589 g/mol. The van der Waals surface area contributed by atoms with Crippen LogP contribution in [0.5, 0.6) is 11.5 Å². The molecule has 43 heavy (non-hydrogen) atoms. The lowest BCUT2D eigenvalue weighted by atomic mass is 9.79. The maximum Gasteiger partial charge on any atom is 0.410 e. The van der Waals surface area contributed by atoms with Crippen LogP contribution < -0.4 is 20.1 Å². The number of hydrogen-bond acceptors (Lipinski definition) is 8.